The van der Waals surface area contributed by atoms with Crippen molar-refractivity contribution >= 4 is 10.0 Å². The van der Waals surface area contributed by atoms with E-state index in [4.69, 9.17) is 4.74 Å². The summed E-state index contributed by atoms with van der Waals surface area (Å²) in [5.41, 5.74) is 2.64. The highest BCUT2D eigenvalue weighted by Gasteiger charge is 2.20. The van der Waals surface area contributed by atoms with Gasteiger partial charge in [0.15, 0.2) is 0 Å². The van der Waals surface area contributed by atoms with Gasteiger partial charge in [-0.3, -0.25) is 4.90 Å². The zero-order chi connectivity index (χ0) is 18.6. The lowest BCUT2D eigenvalue weighted by atomic mass is 10.1. The van der Waals surface area contributed by atoms with Gasteiger partial charge in [-0.25, -0.2) is 17.5 Å². The van der Waals surface area contributed by atoms with Crippen molar-refractivity contribution in [1.82, 2.24) is 9.62 Å². The average molecular weight is 378 g/mol. The Hall–Kier alpha value is -1.80. The maximum Gasteiger partial charge on any atom is 0.243 e. The number of rotatable bonds is 6. The van der Waals surface area contributed by atoms with E-state index in [0.717, 1.165) is 30.8 Å². The summed E-state index contributed by atoms with van der Waals surface area (Å²) < 4.78 is 46.8. The van der Waals surface area contributed by atoms with E-state index in [9.17, 15) is 12.8 Å². The maximum atomic E-state index is 13.9. The number of halogens is 1. The van der Waals surface area contributed by atoms with Gasteiger partial charge in [0.25, 0.3) is 0 Å². The standard InChI is InChI=1S/C19H23FN2O3S/c1-15-6-7-18(20)19(12-15)26(23,24)21-13-16-4-2-3-5-17(16)14-22-8-10-25-11-9-22/h2-7,12,21H,8-11,13-14H2,1H3. The van der Waals surface area contributed by atoms with Crippen LogP contribution in [-0.4, -0.2) is 39.6 Å². The van der Waals surface area contributed by atoms with Gasteiger partial charge in [0.05, 0.1) is 13.2 Å². The first kappa shape index (κ1) is 19.0. The number of sulfonamides is 1. The van der Waals surface area contributed by atoms with Crippen LogP contribution in [0.2, 0.25) is 0 Å². The van der Waals surface area contributed by atoms with Crippen LogP contribution in [0, 0.1) is 12.7 Å². The summed E-state index contributed by atoms with van der Waals surface area (Å²) in [6.07, 6.45) is 0. The summed E-state index contributed by atoms with van der Waals surface area (Å²) in [7, 11) is -3.92. The third-order valence-corrected chi connectivity index (χ3v) is 5.86. The zero-order valence-corrected chi connectivity index (χ0v) is 15.6. The van der Waals surface area contributed by atoms with E-state index < -0.39 is 15.8 Å². The van der Waals surface area contributed by atoms with Crippen LogP contribution in [0.3, 0.4) is 0 Å². The molecule has 2 aromatic rings. The third-order valence-electron chi connectivity index (χ3n) is 4.44. The van der Waals surface area contributed by atoms with Crippen LogP contribution in [0.5, 0.6) is 0 Å². The predicted octanol–water partition coefficient (Wildman–Crippen LogP) is 2.44. The first-order valence-electron chi connectivity index (χ1n) is 8.58. The van der Waals surface area contributed by atoms with Crippen molar-refractivity contribution in [1.29, 1.82) is 0 Å². The molecule has 2 aromatic carbocycles. The fourth-order valence-electron chi connectivity index (χ4n) is 2.95. The molecule has 0 radical (unpaired) electrons. The van der Waals surface area contributed by atoms with Crippen LogP contribution >= 0.6 is 0 Å². The van der Waals surface area contributed by atoms with Gasteiger partial charge in [0.2, 0.25) is 10.0 Å². The molecule has 1 saturated heterocycles. The Morgan fingerprint density at radius 3 is 2.54 bits per heavy atom. The van der Waals surface area contributed by atoms with E-state index in [1.54, 1.807) is 13.0 Å². The largest absolute Gasteiger partial charge is 0.379 e. The molecule has 0 aromatic heterocycles. The van der Waals surface area contributed by atoms with Crippen molar-refractivity contribution in [3.05, 3.63) is 65.0 Å². The van der Waals surface area contributed by atoms with Gasteiger partial charge in [-0.2, -0.15) is 0 Å². The first-order valence-corrected chi connectivity index (χ1v) is 10.1. The molecule has 1 heterocycles. The molecule has 1 aliphatic rings. The van der Waals surface area contributed by atoms with Crippen molar-refractivity contribution in [3.8, 4) is 0 Å². The van der Waals surface area contributed by atoms with Crippen molar-refractivity contribution in [2.75, 3.05) is 26.3 Å². The molecular weight excluding hydrogens is 355 g/mol. The van der Waals surface area contributed by atoms with E-state index in [-0.39, 0.29) is 11.4 Å². The average Bonchev–Trinajstić information content (AvgIpc) is 2.64. The highest BCUT2D eigenvalue weighted by Crippen LogP contribution is 2.18. The Morgan fingerprint density at radius 2 is 1.81 bits per heavy atom. The molecule has 26 heavy (non-hydrogen) atoms. The van der Waals surface area contributed by atoms with Crippen LogP contribution in [0.4, 0.5) is 4.39 Å². The van der Waals surface area contributed by atoms with Gasteiger partial charge in [0, 0.05) is 26.2 Å². The number of ether oxygens (including phenoxy) is 1. The third kappa shape index (κ3) is 4.67. The quantitative estimate of drug-likeness (QED) is 0.839. The minimum absolute atomic E-state index is 0.121. The van der Waals surface area contributed by atoms with Gasteiger partial charge in [-0.1, -0.05) is 30.3 Å². The Labute approximate surface area is 153 Å². The lowest BCUT2D eigenvalue weighted by molar-refractivity contribution is 0.0341. The molecule has 3 rings (SSSR count). The highest BCUT2D eigenvalue weighted by molar-refractivity contribution is 7.89. The number of benzene rings is 2. The summed E-state index contributed by atoms with van der Waals surface area (Å²) in [6.45, 7) is 5.72. The Bertz CT molecular complexity index is 865. The summed E-state index contributed by atoms with van der Waals surface area (Å²) in [6, 6.07) is 11.8. The monoisotopic (exact) mass is 378 g/mol. The van der Waals surface area contributed by atoms with Crippen LogP contribution in [0.1, 0.15) is 16.7 Å². The number of nitrogens with one attached hydrogen (secondary N) is 1. The predicted molar refractivity (Wildman–Crippen MR) is 97.7 cm³/mol. The van der Waals surface area contributed by atoms with Crippen LogP contribution in [0.15, 0.2) is 47.4 Å². The minimum Gasteiger partial charge on any atom is -0.379 e. The van der Waals surface area contributed by atoms with E-state index in [1.165, 1.54) is 12.1 Å². The molecule has 0 amide bonds. The Kier molecular flexibility index (Phi) is 6.03. The molecule has 0 aliphatic carbocycles. The lowest BCUT2D eigenvalue weighted by Gasteiger charge is -2.27. The Morgan fingerprint density at radius 1 is 1.12 bits per heavy atom. The van der Waals surface area contributed by atoms with E-state index >= 15 is 0 Å². The summed E-state index contributed by atoms with van der Waals surface area (Å²) in [5.74, 6) is -0.746. The second-order valence-corrected chi connectivity index (χ2v) is 8.15. The molecule has 0 saturated carbocycles. The SMILES string of the molecule is Cc1ccc(F)c(S(=O)(=O)NCc2ccccc2CN2CCOCC2)c1. The molecule has 1 fully saturated rings. The van der Waals surface area contributed by atoms with Crippen molar-refractivity contribution in [2.45, 2.75) is 24.9 Å². The van der Waals surface area contributed by atoms with E-state index in [2.05, 4.69) is 9.62 Å². The molecule has 140 valence electrons. The van der Waals surface area contributed by atoms with Crippen molar-refractivity contribution < 1.29 is 17.5 Å². The summed E-state index contributed by atoms with van der Waals surface area (Å²) in [5, 5.41) is 0. The molecule has 0 unspecified atom stereocenters. The van der Waals surface area contributed by atoms with E-state index in [1.807, 2.05) is 24.3 Å². The summed E-state index contributed by atoms with van der Waals surface area (Å²) in [4.78, 5) is 1.96. The minimum atomic E-state index is -3.92. The first-order chi connectivity index (χ1) is 12.5. The van der Waals surface area contributed by atoms with Crippen LogP contribution < -0.4 is 4.72 Å². The molecule has 5 nitrogen and oxygen atoms in total. The molecule has 7 heteroatoms. The van der Waals surface area contributed by atoms with Gasteiger partial charge in [-0.05, 0) is 35.7 Å². The number of aryl methyl sites for hydroxylation is 1. The number of nitrogens with zero attached hydrogens (tertiary/aromatic N) is 1. The van der Waals surface area contributed by atoms with Gasteiger partial charge < -0.3 is 4.74 Å². The smallest absolute Gasteiger partial charge is 0.243 e. The highest BCUT2D eigenvalue weighted by atomic mass is 32.2. The van der Waals surface area contributed by atoms with Crippen LogP contribution in [-0.2, 0) is 27.8 Å². The van der Waals surface area contributed by atoms with Gasteiger partial charge >= 0.3 is 0 Å². The lowest BCUT2D eigenvalue weighted by Crippen LogP contribution is -2.36. The van der Waals surface area contributed by atoms with Crippen LogP contribution in [0.25, 0.3) is 0 Å². The fraction of sp³-hybridized carbons (Fsp3) is 0.368. The molecular formula is C19H23FN2O3S. The van der Waals surface area contributed by atoms with Gasteiger partial charge in [0.1, 0.15) is 10.7 Å². The second-order valence-electron chi connectivity index (χ2n) is 6.42. The number of hydrogen-bond donors (Lipinski definition) is 1. The molecule has 1 aliphatic heterocycles. The molecule has 0 spiro atoms. The number of morpholine rings is 1. The zero-order valence-electron chi connectivity index (χ0n) is 14.7. The normalized spacial score (nSPS) is 15.9. The number of hydrogen-bond acceptors (Lipinski definition) is 4. The topological polar surface area (TPSA) is 58.6 Å². The second kappa shape index (κ2) is 8.26. The molecule has 0 atom stereocenters. The van der Waals surface area contributed by atoms with Crippen molar-refractivity contribution in [3.63, 3.8) is 0 Å². The maximum absolute atomic E-state index is 13.9. The Balaban J connectivity index is 1.74. The van der Waals surface area contributed by atoms with E-state index in [0.29, 0.717) is 18.8 Å². The molecule has 1 N–H and O–H groups in total. The van der Waals surface area contributed by atoms with Gasteiger partial charge in [-0.15, -0.1) is 0 Å². The summed E-state index contributed by atoms with van der Waals surface area (Å²) >= 11 is 0. The fourth-order valence-corrected chi connectivity index (χ4v) is 4.12. The van der Waals surface area contributed by atoms with Crippen molar-refractivity contribution in [2.24, 2.45) is 0 Å². The molecule has 0 bridgehead atoms.